The van der Waals surface area contributed by atoms with Gasteiger partial charge >= 0.3 is 5.97 Å². The number of fused-ring (bicyclic) bond motifs is 1. The van der Waals surface area contributed by atoms with Crippen LogP contribution in [0, 0.1) is 0 Å². The van der Waals surface area contributed by atoms with Gasteiger partial charge in [-0.2, -0.15) is 0 Å². The normalized spacial score (nSPS) is 14.1. The number of carbonyl (C=O) groups excluding carboxylic acids is 1. The predicted molar refractivity (Wildman–Crippen MR) is 61.1 cm³/mol. The van der Waals surface area contributed by atoms with Gasteiger partial charge in [-0.15, -0.1) is 0 Å². The second-order valence-electron chi connectivity index (χ2n) is 3.95. The van der Waals surface area contributed by atoms with Crippen LogP contribution < -0.4 is 5.32 Å². The zero-order chi connectivity index (χ0) is 12.4. The number of hydrogen-bond acceptors (Lipinski definition) is 3. The van der Waals surface area contributed by atoms with E-state index in [0.29, 0.717) is 24.1 Å². The molecule has 0 radical (unpaired) electrons. The van der Waals surface area contributed by atoms with Crippen molar-refractivity contribution in [3.05, 3.63) is 28.8 Å². The number of carboxylic acids is 1. The number of carboxylic acid groups (broad SMARTS) is 1. The molecule has 1 amide bonds. The predicted octanol–water partition coefficient (Wildman–Crippen LogP) is 1.42. The van der Waals surface area contributed by atoms with Crippen molar-refractivity contribution in [3.63, 3.8) is 0 Å². The molecule has 0 bridgehead atoms. The number of aryl methyl sites for hydroxylation is 1. The van der Waals surface area contributed by atoms with Gasteiger partial charge in [0.25, 0.3) is 0 Å². The summed E-state index contributed by atoms with van der Waals surface area (Å²) in [7, 11) is 1.52. The van der Waals surface area contributed by atoms with Crippen LogP contribution in [-0.2, 0) is 22.6 Å². The van der Waals surface area contributed by atoms with Gasteiger partial charge in [-0.3, -0.25) is 4.79 Å². The summed E-state index contributed by atoms with van der Waals surface area (Å²) >= 11 is 0. The number of carbonyl (C=O) groups is 2. The van der Waals surface area contributed by atoms with Crippen LogP contribution in [0.15, 0.2) is 12.1 Å². The average Bonchev–Trinajstić information content (AvgIpc) is 2.28. The van der Waals surface area contributed by atoms with Crippen LogP contribution in [0.2, 0.25) is 0 Å². The van der Waals surface area contributed by atoms with Crippen LogP contribution in [0.4, 0.5) is 5.69 Å². The van der Waals surface area contributed by atoms with Gasteiger partial charge < -0.3 is 15.2 Å². The van der Waals surface area contributed by atoms with Crippen molar-refractivity contribution in [1.82, 2.24) is 0 Å². The lowest BCUT2D eigenvalue weighted by Gasteiger charge is -2.19. The minimum Gasteiger partial charge on any atom is -0.478 e. The van der Waals surface area contributed by atoms with Crippen LogP contribution >= 0.6 is 0 Å². The van der Waals surface area contributed by atoms with Crippen LogP contribution in [-0.4, -0.2) is 24.1 Å². The first-order valence-corrected chi connectivity index (χ1v) is 5.29. The van der Waals surface area contributed by atoms with E-state index in [1.165, 1.54) is 13.2 Å². The Morgan fingerprint density at radius 1 is 1.47 bits per heavy atom. The lowest BCUT2D eigenvalue weighted by Crippen LogP contribution is -2.20. The molecule has 1 aromatic rings. The molecule has 5 nitrogen and oxygen atoms in total. The zero-order valence-electron chi connectivity index (χ0n) is 9.45. The van der Waals surface area contributed by atoms with Crippen LogP contribution in [0.3, 0.4) is 0 Å². The van der Waals surface area contributed by atoms with E-state index in [-0.39, 0.29) is 18.1 Å². The fourth-order valence-corrected chi connectivity index (χ4v) is 1.95. The van der Waals surface area contributed by atoms with Gasteiger partial charge in [0.2, 0.25) is 5.91 Å². The third-order valence-corrected chi connectivity index (χ3v) is 2.75. The number of aromatic carboxylic acids is 1. The first-order valence-electron chi connectivity index (χ1n) is 5.29. The second kappa shape index (κ2) is 4.55. The van der Waals surface area contributed by atoms with E-state index in [1.54, 1.807) is 6.07 Å². The lowest BCUT2D eigenvalue weighted by molar-refractivity contribution is -0.116. The van der Waals surface area contributed by atoms with Gasteiger partial charge in [-0.1, -0.05) is 6.07 Å². The molecule has 0 unspecified atom stereocenters. The van der Waals surface area contributed by atoms with Gasteiger partial charge in [-0.25, -0.2) is 4.79 Å². The number of nitrogens with one attached hydrogen (secondary N) is 1. The molecule has 0 saturated carbocycles. The Morgan fingerprint density at radius 2 is 2.24 bits per heavy atom. The Bertz CT molecular complexity index is 482. The molecule has 1 aromatic carbocycles. The van der Waals surface area contributed by atoms with Gasteiger partial charge in [0, 0.05) is 19.2 Å². The van der Waals surface area contributed by atoms with E-state index >= 15 is 0 Å². The van der Waals surface area contributed by atoms with Crippen molar-refractivity contribution in [3.8, 4) is 0 Å². The Hall–Kier alpha value is -1.88. The first-order chi connectivity index (χ1) is 8.11. The Labute approximate surface area is 98.4 Å². The van der Waals surface area contributed by atoms with Crippen LogP contribution in [0.5, 0.6) is 0 Å². The maximum atomic E-state index is 11.2. The minimum absolute atomic E-state index is 0.0756. The zero-order valence-corrected chi connectivity index (χ0v) is 9.45. The van der Waals surface area contributed by atoms with E-state index in [9.17, 15) is 9.59 Å². The summed E-state index contributed by atoms with van der Waals surface area (Å²) in [5, 5.41) is 11.8. The van der Waals surface area contributed by atoms with E-state index in [2.05, 4.69) is 5.32 Å². The summed E-state index contributed by atoms with van der Waals surface area (Å²) in [5.41, 5.74) is 2.36. The smallest absolute Gasteiger partial charge is 0.336 e. The molecule has 17 heavy (non-hydrogen) atoms. The third-order valence-electron chi connectivity index (χ3n) is 2.75. The number of methoxy groups -OCH3 is 1. The van der Waals surface area contributed by atoms with E-state index in [0.717, 1.165) is 5.56 Å². The Kier molecular flexibility index (Phi) is 3.10. The van der Waals surface area contributed by atoms with E-state index < -0.39 is 5.97 Å². The molecule has 0 atom stereocenters. The van der Waals surface area contributed by atoms with Crippen molar-refractivity contribution in [2.45, 2.75) is 19.4 Å². The summed E-state index contributed by atoms with van der Waals surface area (Å²) in [5.74, 6) is -1.09. The maximum absolute atomic E-state index is 11.2. The van der Waals surface area contributed by atoms with Crippen LogP contribution in [0.1, 0.15) is 27.9 Å². The van der Waals surface area contributed by atoms with Crippen molar-refractivity contribution >= 4 is 17.6 Å². The SMILES string of the molecule is COCc1cc2c(cc1C(=O)O)NC(=O)CC2. The molecule has 90 valence electrons. The Morgan fingerprint density at radius 3 is 2.88 bits per heavy atom. The monoisotopic (exact) mass is 235 g/mol. The number of amides is 1. The summed E-state index contributed by atoms with van der Waals surface area (Å²) in [6, 6.07) is 3.30. The Balaban J connectivity index is 2.47. The molecule has 5 heteroatoms. The molecule has 2 rings (SSSR count). The largest absolute Gasteiger partial charge is 0.478 e. The van der Waals surface area contributed by atoms with Crippen molar-refractivity contribution in [2.75, 3.05) is 12.4 Å². The number of benzene rings is 1. The highest BCUT2D eigenvalue weighted by atomic mass is 16.5. The van der Waals surface area contributed by atoms with E-state index in [1.807, 2.05) is 0 Å². The summed E-state index contributed by atoms with van der Waals surface area (Å²) in [4.78, 5) is 22.3. The van der Waals surface area contributed by atoms with Crippen molar-refractivity contribution in [2.24, 2.45) is 0 Å². The number of ether oxygens (including phenoxy) is 1. The molecule has 0 spiro atoms. The lowest BCUT2D eigenvalue weighted by atomic mass is 9.96. The highest BCUT2D eigenvalue weighted by Crippen LogP contribution is 2.27. The first kappa shape index (κ1) is 11.6. The quantitative estimate of drug-likeness (QED) is 0.830. The van der Waals surface area contributed by atoms with Gasteiger partial charge in [0.1, 0.15) is 0 Å². The summed E-state index contributed by atoms with van der Waals surface area (Å²) in [6.45, 7) is 0.253. The standard InChI is InChI=1S/C12H13NO4/c1-17-6-8-4-7-2-3-11(14)13-10(7)5-9(8)12(15)16/h4-5H,2-3,6H2,1H3,(H,13,14)(H,15,16). The number of hydrogen-bond donors (Lipinski definition) is 2. The molecule has 0 fully saturated rings. The minimum atomic E-state index is -1.01. The fourth-order valence-electron chi connectivity index (χ4n) is 1.95. The van der Waals surface area contributed by atoms with Gasteiger partial charge in [-0.05, 0) is 23.6 Å². The molecule has 0 aromatic heterocycles. The molecule has 1 aliphatic heterocycles. The molecule has 1 heterocycles. The highest BCUT2D eigenvalue weighted by Gasteiger charge is 2.19. The highest BCUT2D eigenvalue weighted by molar-refractivity contribution is 5.97. The number of anilines is 1. The summed E-state index contributed by atoms with van der Waals surface area (Å²) < 4.78 is 4.98. The molecular weight excluding hydrogens is 222 g/mol. The maximum Gasteiger partial charge on any atom is 0.336 e. The fraction of sp³-hybridized carbons (Fsp3) is 0.333. The molecule has 0 aliphatic carbocycles. The summed E-state index contributed by atoms with van der Waals surface area (Å²) in [6.07, 6.45) is 1.07. The molecular formula is C12H13NO4. The van der Waals surface area contributed by atoms with Crippen molar-refractivity contribution in [1.29, 1.82) is 0 Å². The number of rotatable bonds is 3. The molecule has 2 N–H and O–H groups in total. The average molecular weight is 235 g/mol. The van der Waals surface area contributed by atoms with E-state index in [4.69, 9.17) is 9.84 Å². The van der Waals surface area contributed by atoms with Gasteiger partial charge in [0.05, 0.1) is 12.2 Å². The van der Waals surface area contributed by atoms with Gasteiger partial charge in [0.15, 0.2) is 0 Å². The topological polar surface area (TPSA) is 75.6 Å². The van der Waals surface area contributed by atoms with Crippen LogP contribution in [0.25, 0.3) is 0 Å². The third kappa shape index (κ3) is 2.29. The second-order valence-corrected chi connectivity index (χ2v) is 3.95. The van der Waals surface area contributed by atoms with Crippen molar-refractivity contribution < 1.29 is 19.4 Å². The molecule has 0 saturated heterocycles. The molecule has 1 aliphatic rings.